The van der Waals surface area contributed by atoms with Crippen LogP contribution < -0.4 is 10.5 Å². The van der Waals surface area contributed by atoms with Gasteiger partial charge in [0.1, 0.15) is 5.82 Å². The molecule has 1 aromatic heterocycles. The molecule has 6 nitrogen and oxygen atoms in total. The van der Waals surface area contributed by atoms with Crippen LogP contribution in [0.5, 0.6) is 0 Å². The molecule has 0 radical (unpaired) electrons. The highest BCUT2D eigenvalue weighted by Gasteiger charge is 2.11. The van der Waals surface area contributed by atoms with Crippen LogP contribution in [-0.4, -0.2) is 29.5 Å². The van der Waals surface area contributed by atoms with Gasteiger partial charge in [-0.25, -0.2) is 18.1 Å². The fourth-order valence-corrected chi connectivity index (χ4v) is 4.02. The molecule has 8 heteroatoms. The molecule has 1 heterocycles. The van der Waals surface area contributed by atoms with Crippen molar-refractivity contribution in [3.05, 3.63) is 42.5 Å². The van der Waals surface area contributed by atoms with Crippen molar-refractivity contribution in [3.8, 4) is 0 Å². The van der Waals surface area contributed by atoms with Gasteiger partial charge in [-0.1, -0.05) is 6.07 Å². The number of nitrogens with two attached hydrogens (primary N) is 1. The summed E-state index contributed by atoms with van der Waals surface area (Å²) in [5.74, 6) is 1.21. The zero-order chi connectivity index (χ0) is 15.3. The van der Waals surface area contributed by atoms with E-state index in [1.54, 1.807) is 23.0 Å². The summed E-state index contributed by atoms with van der Waals surface area (Å²) >= 11 is 1.47. The minimum Gasteiger partial charge on any atom is -0.399 e. The fourth-order valence-electron chi connectivity index (χ4n) is 1.69. The maximum atomic E-state index is 11.9. The standard InChI is InChI=1S/C13H18N4O2S2/c1-17-6-5-15-13(17)10-16-21(18,19)8-7-20-12-4-2-3-11(14)9-12/h2-6,9,16H,7-8,10,14H2,1H3. The highest BCUT2D eigenvalue weighted by Crippen LogP contribution is 2.20. The molecule has 0 aliphatic rings. The lowest BCUT2D eigenvalue weighted by Gasteiger charge is -2.07. The number of nitrogens with zero attached hydrogens (tertiary/aromatic N) is 2. The van der Waals surface area contributed by atoms with Crippen LogP contribution >= 0.6 is 11.8 Å². The molecule has 0 atom stereocenters. The van der Waals surface area contributed by atoms with E-state index in [1.807, 2.05) is 25.2 Å². The number of imidazole rings is 1. The summed E-state index contributed by atoms with van der Waals surface area (Å²) in [6.45, 7) is 0.203. The van der Waals surface area contributed by atoms with Gasteiger partial charge in [-0.15, -0.1) is 11.8 Å². The van der Waals surface area contributed by atoms with Gasteiger partial charge < -0.3 is 10.3 Å². The van der Waals surface area contributed by atoms with E-state index >= 15 is 0 Å². The second-order valence-electron chi connectivity index (χ2n) is 4.52. The van der Waals surface area contributed by atoms with Crippen LogP contribution in [0, 0.1) is 0 Å². The monoisotopic (exact) mass is 326 g/mol. The first-order valence-corrected chi connectivity index (χ1v) is 9.02. The molecule has 2 aromatic rings. The average molecular weight is 326 g/mol. The molecule has 114 valence electrons. The zero-order valence-corrected chi connectivity index (χ0v) is 13.3. The minimum atomic E-state index is -3.31. The molecule has 1 aromatic carbocycles. The predicted molar refractivity (Wildman–Crippen MR) is 85.4 cm³/mol. The number of nitrogens with one attached hydrogen (secondary N) is 1. The Balaban J connectivity index is 1.80. The number of thioether (sulfide) groups is 1. The Morgan fingerprint density at radius 3 is 2.90 bits per heavy atom. The van der Waals surface area contributed by atoms with Crippen LogP contribution in [0.3, 0.4) is 0 Å². The first-order chi connectivity index (χ1) is 9.96. The van der Waals surface area contributed by atoms with Gasteiger partial charge in [0.05, 0.1) is 12.3 Å². The van der Waals surface area contributed by atoms with E-state index in [-0.39, 0.29) is 12.3 Å². The molecule has 2 rings (SSSR count). The van der Waals surface area contributed by atoms with Crippen LogP contribution in [0.1, 0.15) is 5.82 Å². The molecule has 0 spiro atoms. The summed E-state index contributed by atoms with van der Waals surface area (Å²) in [5, 5.41) is 0. The van der Waals surface area contributed by atoms with Crippen molar-refractivity contribution in [1.29, 1.82) is 0 Å². The van der Waals surface area contributed by atoms with E-state index in [0.29, 0.717) is 17.3 Å². The third-order valence-electron chi connectivity index (χ3n) is 2.85. The van der Waals surface area contributed by atoms with Crippen LogP contribution in [0.25, 0.3) is 0 Å². The Bertz CT molecular complexity index is 698. The second kappa shape index (κ2) is 6.97. The molecule has 0 unspecified atom stereocenters. The molecule has 0 aliphatic carbocycles. The molecule has 0 aliphatic heterocycles. The molecule has 21 heavy (non-hydrogen) atoms. The van der Waals surface area contributed by atoms with Gasteiger partial charge >= 0.3 is 0 Å². The van der Waals surface area contributed by atoms with E-state index in [9.17, 15) is 8.42 Å². The lowest BCUT2D eigenvalue weighted by Crippen LogP contribution is -2.28. The third-order valence-corrected chi connectivity index (χ3v) is 5.43. The van der Waals surface area contributed by atoms with Crippen LogP contribution in [-0.2, 0) is 23.6 Å². The van der Waals surface area contributed by atoms with E-state index in [1.165, 1.54) is 11.8 Å². The number of nitrogen functional groups attached to an aromatic ring is 1. The molecule has 0 saturated carbocycles. The van der Waals surface area contributed by atoms with Gasteiger partial charge in [0, 0.05) is 35.8 Å². The van der Waals surface area contributed by atoms with Gasteiger partial charge in [0.15, 0.2) is 0 Å². The number of aryl methyl sites for hydroxylation is 1. The lowest BCUT2D eigenvalue weighted by atomic mass is 10.3. The second-order valence-corrected chi connectivity index (χ2v) is 7.61. The molecular weight excluding hydrogens is 308 g/mol. The molecule has 3 N–H and O–H groups in total. The quantitative estimate of drug-likeness (QED) is 0.590. The van der Waals surface area contributed by atoms with Gasteiger partial charge in [0.2, 0.25) is 10.0 Å². The van der Waals surface area contributed by atoms with Crippen LogP contribution in [0.2, 0.25) is 0 Å². The first kappa shape index (κ1) is 15.9. The summed E-state index contributed by atoms with van der Waals surface area (Å²) in [7, 11) is -1.48. The zero-order valence-electron chi connectivity index (χ0n) is 11.7. The van der Waals surface area contributed by atoms with E-state index in [4.69, 9.17) is 5.73 Å². The maximum Gasteiger partial charge on any atom is 0.212 e. The maximum absolute atomic E-state index is 11.9. The molecule has 0 saturated heterocycles. The van der Waals surface area contributed by atoms with Crippen molar-refractivity contribution in [2.45, 2.75) is 11.4 Å². The van der Waals surface area contributed by atoms with Gasteiger partial charge in [-0.2, -0.15) is 0 Å². The summed E-state index contributed by atoms with van der Waals surface area (Å²) in [6.07, 6.45) is 3.42. The number of benzene rings is 1. The molecular formula is C13H18N4O2S2. The van der Waals surface area contributed by atoms with Crippen molar-refractivity contribution in [2.75, 3.05) is 17.2 Å². The molecule has 0 fully saturated rings. The first-order valence-electron chi connectivity index (χ1n) is 6.38. The largest absolute Gasteiger partial charge is 0.399 e. The SMILES string of the molecule is Cn1ccnc1CNS(=O)(=O)CCSc1cccc(N)c1. The Morgan fingerprint density at radius 1 is 1.43 bits per heavy atom. The average Bonchev–Trinajstić information content (AvgIpc) is 2.82. The van der Waals surface area contributed by atoms with E-state index in [2.05, 4.69) is 9.71 Å². The van der Waals surface area contributed by atoms with Crippen molar-refractivity contribution in [2.24, 2.45) is 7.05 Å². The van der Waals surface area contributed by atoms with Gasteiger partial charge in [-0.05, 0) is 18.2 Å². The van der Waals surface area contributed by atoms with Crippen molar-refractivity contribution >= 4 is 27.5 Å². The third kappa shape index (κ3) is 5.07. The van der Waals surface area contributed by atoms with Gasteiger partial charge in [-0.3, -0.25) is 0 Å². The van der Waals surface area contributed by atoms with Crippen molar-refractivity contribution in [3.63, 3.8) is 0 Å². The minimum absolute atomic E-state index is 0.0525. The normalized spacial score (nSPS) is 11.7. The van der Waals surface area contributed by atoms with E-state index in [0.717, 1.165) is 4.90 Å². The highest BCUT2D eigenvalue weighted by atomic mass is 32.2. The van der Waals surface area contributed by atoms with Crippen LogP contribution in [0.15, 0.2) is 41.6 Å². The number of hydrogen-bond donors (Lipinski definition) is 2. The van der Waals surface area contributed by atoms with Gasteiger partial charge in [0.25, 0.3) is 0 Å². The Labute approximate surface area is 128 Å². The summed E-state index contributed by atoms with van der Waals surface area (Å²) < 4.78 is 28.1. The predicted octanol–water partition coefficient (Wildman–Crippen LogP) is 1.21. The number of rotatable bonds is 7. The summed E-state index contributed by atoms with van der Waals surface area (Å²) in [6, 6.07) is 7.40. The number of sulfonamides is 1. The van der Waals surface area contributed by atoms with E-state index < -0.39 is 10.0 Å². The fraction of sp³-hybridized carbons (Fsp3) is 0.308. The Kier molecular flexibility index (Phi) is 5.27. The van der Waals surface area contributed by atoms with Crippen molar-refractivity contribution in [1.82, 2.24) is 14.3 Å². The van der Waals surface area contributed by atoms with Crippen LogP contribution in [0.4, 0.5) is 5.69 Å². The number of anilines is 1. The smallest absolute Gasteiger partial charge is 0.212 e. The Hall–Kier alpha value is -1.51. The number of hydrogen-bond acceptors (Lipinski definition) is 5. The molecule has 0 amide bonds. The summed E-state index contributed by atoms with van der Waals surface area (Å²) in [5.41, 5.74) is 6.36. The number of aromatic nitrogens is 2. The summed E-state index contributed by atoms with van der Waals surface area (Å²) in [4.78, 5) is 5.04. The Morgan fingerprint density at radius 2 is 2.24 bits per heavy atom. The van der Waals surface area contributed by atoms with Crippen molar-refractivity contribution < 1.29 is 8.42 Å². The molecule has 0 bridgehead atoms. The lowest BCUT2D eigenvalue weighted by molar-refractivity contribution is 0.579. The topological polar surface area (TPSA) is 90.0 Å². The highest BCUT2D eigenvalue weighted by molar-refractivity contribution is 8.00.